The fraction of sp³-hybridized carbons (Fsp3) is 0.467. The van der Waals surface area contributed by atoms with Crippen LogP contribution < -0.4 is 5.73 Å². The maximum Gasteiger partial charge on any atom is 0.235 e. The first-order valence-electron chi connectivity index (χ1n) is 6.87. The molecule has 1 aromatic carbocycles. The predicted molar refractivity (Wildman–Crippen MR) is 80.3 cm³/mol. The molecule has 1 atom stereocenters. The number of benzene rings is 1. The Morgan fingerprint density at radius 2 is 1.85 bits per heavy atom. The lowest BCUT2D eigenvalue weighted by Gasteiger charge is -2.32. The number of amides is 2. The van der Waals surface area contributed by atoms with Crippen LogP contribution in [0.15, 0.2) is 35.2 Å². The van der Waals surface area contributed by atoms with Crippen molar-refractivity contribution in [2.24, 2.45) is 11.7 Å². The highest BCUT2D eigenvalue weighted by Crippen LogP contribution is 2.26. The van der Waals surface area contributed by atoms with E-state index in [1.54, 1.807) is 11.8 Å². The van der Waals surface area contributed by atoms with Crippen molar-refractivity contribution in [3.63, 3.8) is 0 Å². The molecule has 2 N–H and O–H groups in total. The summed E-state index contributed by atoms with van der Waals surface area (Å²) < 4.78 is 0. The molecule has 1 saturated heterocycles. The minimum absolute atomic E-state index is 0.0730. The molecule has 1 heterocycles. The van der Waals surface area contributed by atoms with Gasteiger partial charge in [0.2, 0.25) is 11.8 Å². The molecule has 0 radical (unpaired) electrons. The third kappa shape index (κ3) is 3.76. The Kier molecular flexibility index (Phi) is 5.06. The van der Waals surface area contributed by atoms with E-state index >= 15 is 0 Å². The molecule has 0 saturated carbocycles. The van der Waals surface area contributed by atoms with Crippen LogP contribution in [0.3, 0.4) is 0 Å². The summed E-state index contributed by atoms with van der Waals surface area (Å²) in [5.74, 6) is -0.179. The van der Waals surface area contributed by atoms with Crippen LogP contribution >= 0.6 is 11.8 Å². The van der Waals surface area contributed by atoms with E-state index in [1.165, 1.54) is 0 Å². The van der Waals surface area contributed by atoms with Crippen LogP contribution in [0.25, 0.3) is 0 Å². The molecular weight excluding hydrogens is 272 g/mol. The molecule has 1 aromatic rings. The minimum Gasteiger partial charge on any atom is -0.369 e. The molecular formula is C15H20N2O2S. The molecule has 0 aromatic heterocycles. The van der Waals surface area contributed by atoms with E-state index in [4.69, 9.17) is 5.73 Å². The zero-order valence-corrected chi connectivity index (χ0v) is 12.4. The normalized spacial score (nSPS) is 17.8. The quantitative estimate of drug-likeness (QED) is 0.862. The van der Waals surface area contributed by atoms with Gasteiger partial charge in [0.05, 0.1) is 5.25 Å². The van der Waals surface area contributed by atoms with Gasteiger partial charge in [-0.3, -0.25) is 9.59 Å². The average Bonchev–Trinajstić information content (AvgIpc) is 2.47. The summed E-state index contributed by atoms with van der Waals surface area (Å²) in [6.07, 6.45) is 1.37. The Morgan fingerprint density at radius 3 is 2.40 bits per heavy atom. The second kappa shape index (κ2) is 6.79. The summed E-state index contributed by atoms with van der Waals surface area (Å²) in [6, 6.07) is 9.92. The van der Waals surface area contributed by atoms with Crippen LogP contribution in [0.4, 0.5) is 0 Å². The third-order valence-electron chi connectivity index (χ3n) is 3.61. The van der Waals surface area contributed by atoms with Crippen LogP contribution in [0.5, 0.6) is 0 Å². The van der Waals surface area contributed by atoms with Crippen molar-refractivity contribution in [1.82, 2.24) is 4.90 Å². The molecule has 0 spiro atoms. The van der Waals surface area contributed by atoms with Crippen LogP contribution in [-0.4, -0.2) is 35.1 Å². The van der Waals surface area contributed by atoms with Gasteiger partial charge in [-0.2, -0.15) is 0 Å². The van der Waals surface area contributed by atoms with Gasteiger partial charge < -0.3 is 10.6 Å². The predicted octanol–water partition coefficient (Wildman–Crippen LogP) is 1.89. The zero-order chi connectivity index (χ0) is 14.5. The van der Waals surface area contributed by atoms with E-state index in [1.807, 2.05) is 42.2 Å². The topological polar surface area (TPSA) is 63.4 Å². The van der Waals surface area contributed by atoms with Crippen LogP contribution in [0.1, 0.15) is 19.8 Å². The van der Waals surface area contributed by atoms with Crippen molar-refractivity contribution in [2.75, 3.05) is 13.1 Å². The number of hydrogen-bond donors (Lipinski definition) is 1. The number of likely N-dealkylation sites (tertiary alicyclic amines) is 1. The van der Waals surface area contributed by atoms with Crippen molar-refractivity contribution < 1.29 is 9.59 Å². The standard InChI is InChI=1S/C15H20N2O2S/c1-11(20-13-5-3-2-4-6-13)15(19)17-9-7-12(8-10-17)14(16)18/h2-6,11-12H,7-10H2,1H3,(H2,16,18)/t11-/m1/s1. The SMILES string of the molecule is C[C@@H](Sc1ccccc1)C(=O)N1CCC(C(N)=O)CC1. The molecule has 1 aliphatic heterocycles. The van der Waals surface area contributed by atoms with Crippen molar-refractivity contribution in [3.8, 4) is 0 Å². The number of nitrogens with two attached hydrogens (primary N) is 1. The number of carbonyl (C=O) groups excluding carboxylic acids is 2. The molecule has 0 unspecified atom stereocenters. The van der Waals surface area contributed by atoms with Crippen molar-refractivity contribution in [2.45, 2.75) is 29.9 Å². The van der Waals surface area contributed by atoms with E-state index < -0.39 is 0 Å². The summed E-state index contributed by atoms with van der Waals surface area (Å²) >= 11 is 1.57. The van der Waals surface area contributed by atoms with Gasteiger partial charge in [0.1, 0.15) is 0 Å². The Labute approximate surface area is 123 Å². The van der Waals surface area contributed by atoms with E-state index in [2.05, 4.69) is 0 Å². The second-order valence-corrected chi connectivity index (χ2v) is 6.49. The van der Waals surface area contributed by atoms with Gasteiger partial charge in [-0.1, -0.05) is 18.2 Å². The number of nitrogens with zero attached hydrogens (tertiary/aromatic N) is 1. The summed E-state index contributed by atoms with van der Waals surface area (Å²) in [7, 11) is 0. The van der Waals surface area contributed by atoms with Gasteiger partial charge in [-0.25, -0.2) is 0 Å². The maximum atomic E-state index is 12.4. The number of piperidine rings is 1. The second-order valence-electron chi connectivity index (χ2n) is 5.08. The lowest BCUT2D eigenvalue weighted by Crippen LogP contribution is -2.44. The fourth-order valence-electron chi connectivity index (χ4n) is 2.40. The highest BCUT2D eigenvalue weighted by atomic mass is 32.2. The fourth-order valence-corrected chi connectivity index (χ4v) is 3.37. The molecule has 5 heteroatoms. The van der Waals surface area contributed by atoms with Gasteiger partial charge >= 0.3 is 0 Å². The first kappa shape index (κ1) is 14.9. The highest BCUT2D eigenvalue weighted by Gasteiger charge is 2.28. The average molecular weight is 292 g/mol. The molecule has 20 heavy (non-hydrogen) atoms. The first-order chi connectivity index (χ1) is 9.58. The smallest absolute Gasteiger partial charge is 0.235 e. The summed E-state index contributed by atoms with van der Waals surface area (Å²) in [6.45, 7) is 3.19. The molecule has 0 aliphatic carbocycles. The molecule has 0 bridgehead atoms. The third-order valence-corrected chi connectivity index (χ3v) is 4.71. The van der Waals surface area contributed by atoms with Gasteiger partial charge in [0.15, 0.2) is 0 Å². The molecule has 4 nitrogen and oxygen atoms in total. The van der Waals surface area contributed by atoms with Crippen molar-refractivity contribution in [1.29, 1.82) is 0 Å². The lowest BCUT2D eigenvalue weighted by molar-refractivity contribution is -0.134. The van der Waals surface area contributed by atoms with Gasteiger partial charge in [-0.15, -0.1) is 11.8 Å². The van der Waals surface area contributed by atoms with Gasteiger partial charge in [0.25, 0.3) is 0 Å². The molecule has 1 fully saturated rings. The zero-order valence-electron chi connectivity index (χ0n) is 11.6. The number of hydrogen-bond acceptors (Lipinski definition) is 3. The molecule has 2 amide bonds. The monoisotopic (exact) mass is 292 g/mol. The first-order valence-corrected chi connectivity index (χ1v) is 7.75. The van der Waals surface area contributed by atoms with Crippen LogP contribution in [-0.2, 0) is 9.59 Å². The van der Waals surface area contributed by atoms with E-state index in [9.17, 15) is 9.59 Å². The van der Waals surface area contributed by atoms with Gasteiger partial charge in [0, 0.05) is 23.9 Å². The number of thioether (sulfide) groups is 1. The van der Waals surface area contributed by atoms with E-state index in [-0.39, 0.29) is 23.0 Å². The molecule has 1 aliphatic rings. The number of carbonyl (C=O) groups is 2. The van der Waals surface area contributed by atoms with Gasteiger partial charge in [-0.05, 0) is 31.9 Å². The highest BCUT2D eigenvalue weighted by molar-refractivity contribution is 8.00. The number of rotatable bonds is 4. The van der Waals surface area contributed by atoms with Crippen molar-refractivity contribution in [3.05, 3.63) is 30.3 Å². The molecule has 108 valence electrons. The Morgan fingerprint density at radius 1 is 1.25 bits per heavy atom. The van der Waals surface area contributed by atoms with E-state index in [0.717, 1.165) is 4.90 Å². The minimum atomic E-state index is -0.246. The van der Waals surface area contributed by atoms with Crippen LogP contribution in [0.2, 0.25) is 0 Å². The Balaban J connectivity index is 1.87. The molecule has 2 rings (SSSR count). The van der Waals surface area contributed by atoms with E-state index in [0.29, 0.717) is 25.9 Å². The Bertz CT molecular complexity index is 470. The van der Waals surface area contributed by atoms with Crippen LogP contribution in [0, 0.1) is 5.92 Å². The number of primary amides is 1. The summed E-state index contributed by atoms with van der Waals surface area (Å²) in [5.41, 5.74) is 5.30. The largest absolute Gasteiger partial charge is 0.369 e. The summed E-state index contributed by atoms with van der Waals surface area (Å²) in [5, 5.41) is -0.109. The van der Waals surface area contributed by atoms with Crippen molar-refractivity contribution >= 4 is 23.6 Å². The maximum absolute atomic E-state index is 12.4. The lowest BCUT2D eigenvalue weighted by atomic mass is 9.96. The summed E-state index contributed by atoms with van der Waals surface area (Å²) in [4.78, 5) is 26.4. The Hall–Kier alpha value is -1.49.